The first kappa shape index (κ1) is 19.8. The molecule has 1 aliphatic carbocycles. The van der Waals surface area contributed by atoms with Gasteiger partial charge >= 0.3 is 0 Å². The van der Waals surface area contributed by atoms with Crippen LogP contribution in [-0.2, 0) is 0 Å². The van der Waals surface area contributed by atoms with Crippen molar-refractivity contribution in [2.75, 3.05) is 11.4 Å². The summed E-state index contributed by atoms with van der Waals surface area (Å²) in [5, 5.41) is 5.07. The normalized spacial score (nSPS) is 13.8. The molecule has 0 spiro atoms. The maximum Gasteiger partial charge on any atom is 0.177 e. The van der Waals surface area contributed by atoms with Crippen molar-refractivity contribution in [2.45, 2.75) is 46.6 Å². The summed E-state index contributed by atoms with van der Waals surface area (Å²) >= 11 is 0. The highest BCUT2D eigenvalue weighted by Gasteiger charge is 2.32. The van der Waals surface area contributed by atoms with Gasteiger partial charge in [-0.1, -0.05) is 67.4 Å². The van der Waals surface area contributed by atoms with Gasteiger partial charge in [0.25, 0.3) is 0 Å². The van der Waals surface area contributed by atoms with Gasteiger partial charge in [-0.15, -0.1) is 0 Å². The predicted octanol–water partition coefficient (Wildman–Crippen LogP) is 6.30. The second kappa shape index (κ2) is 7.84. The summed E-state index contributed by atoms with van der Waals surface area (Å²) in [7, 11) is 0. The predicted molar refractivity (Wildman–Crippen MR) is 129 cm³/mol. The van der Waals surface area contributed by atoms with Crippen LogP contribution in [0, 0.1) is 19.8 Å². The van der Waals surface area contributed by atoms with Crippen molar-refractivity contribution in [3.63, 3.8) is 0 Å². The van der Waals surface area contributed by atoms with Crippen molar-refractivity contribution in [3.8, 4) is 22.5 Å². The number of aryl methyl sites for hydroxylation is 2. The van der Waals surface area contributed by atoms with E-state index in [-0.39, 0.29) is 0 Å². The highest BCUT2D eigenvalue weighted by Crippen LogP contribution is 2.37. The molecule has 0 N–H and O–H groups in total. The van der Waals surface area contributed by atoms with E-state index in [1.54, 1.807) is 0 Å². The molecule has 5 rings (SSSR count). The summed E-state index contributed by atoms with van der Waals surface area (Å²) in [5.41, 5.74) is 8.94. The van der Waals surface area contributed by atoms with Gasteiger partial charge in [0.1, 0.15) is 0 Å². The Balaban J connectivity index is 1.73. The number of imidazole rings is 1. The Labute approximate surface area is 184 Å². The lowest BCUT2D eigenvalue weighted by Gasteiger charge is -2.27. The Bertz CT molecular complexity index is 1220. The number of fused-ring (bicyclic) bond motifs is 1. The second-order valence-electron chi connectivity index (χ2n) is 9.31. The Hall–Kier alpha value is -3.14. The molecule has 0 saturated heterocycles. The summed E-state index contributed by atoms with van der Waals surface area (Å²) in [6.07, 6.45) is 4.48. The third kappa shape index (κ3) is 3.95. The topological polar surface area (TPSA) is 33.4 Å². The van der Waals surface area contributed by atoms with E-state index in [0.29, 0.717) is 12.0 Å². The van der Waals surface area contributed by atoms with Crippen LogP contribution in [0.2, 0.25) is 0 Å². The van der Waals surface area contributed by atoms with Crippen molar-refractivity contribution in [1.29, 1.82) is 0 Å². The number of anilines is 1. The number of aromatic nitrogens is 3. The van der Waals surface area contributed by atoms with Gasteiger partial charge in [0.15, 0.2) is 5.65 Å². The van der Waals surface area contributed by atoms with Gasteiger partial charge in [-0.05, 0) is 44.7 Å². The minimum atomic E-state index is 0.586. The van der Waals surface area contributed by atoms with Gasteiger partial charge < -0.3 is 4.90 Å². The Morgan fingerprint density at radius 2 is 1.74 bits per heavy atom. The quantitative estimate of drug-likeness (QED) is 0.374. The second-order valence-corrected chi connectivity index (χ2v) is 9.31. The van der Waals surface area contributed by atoms with Crippen molar-refractivity contribution in [3.05, 3.63) is 71.9 Å². The van der Waals surface area contributed by atoms with Crippen LogP contribution >= 0.6 is 0 Å². The summed E-state index contributed by atoms with van der Waals surface area (Å²) in [6.45, 7) is 9.86. The van der Waals surface area contributed by atoms with E-state index in [0.717, 1.165) is 34.7 Å². The zero-order chi connectivity index (χ0) is 21.5. The third-order valence-corrected chi connectivity index (χ3v) is 5.97. The molecule has 0 unspecified atom stereocenters. The van der Waals surface area contributed by atoms with Gasteiger partial charge in [-0.3, -0.25) is 0 Å². The largest absolute Gasteiger partial charge is 0.365 e. The fourth-order valence-electron chi connectivity index (χ4n) is 4.25. The summed E-state index contributed by atoms with van der Waals surface area (Å²) in [5.74, 6) is 0.586. The van der Waals surface area contributed by atoms with Crippen LogP contribution in [0.15, 0.2) is 60.8 Å². The van der Waals surface area contributed by atoms with Crippen molar-refractivity contribution in [2.24, 2.45) is 5.92 Å². The fraction of sp³-hybridized carbons (Fsp3) is 0.333. The molecule has 0 radical (unpaired) electrons. The van der Waals surface area contributed by atoms with Gasteiger partial charge in [-0.2, -0.15) is 5.10 Å². The van der Waals surface area contributed by atoms with E-state index in [1.807, 2.05) is 10.7 Å². The smallest absolute Gasteiger partial charge is 0.177 e. The molecule has 0 bridgehead atoms. The SMILES string of the molecule is Cc1ccc(-c2cnc3c(N(CC(C)C)C4CC4)cc(-c4cccc(C)c4)nn23)cc1. The van der Waals surface area contributed by atoms with E-state index in [9.17, 15) is 0 Å². The zero-order valence-corrected chi connectivity index (χ0v) is 18.8. The first-order valence-corrected chi connectivity index (χ1v) is 11.3. The Morgan fingerprint density at radius 1 is 0.968 bits per heavy atom. The molecule has 2 aromatic heterocycles. The Morgan fingerprint density at radius 3 is 2.42 bits per heavy atom. The number of benzene rings is 2. The number of nitrogens with zero attached hydrogens (tertiary/aromatic N) is 4. The summed E-state index contributed by atoms with van der Waals surface area (Å²) < 4.78 is 2.05. The van der Waals surface area contributed by atoms with E-state index >= 15 is 0 Å². The zero-order valence-electron chi connectivity index (χ0n) is 18.8. The van der Waals surface area contributed by atoms with Crippen LogP contribution in [0.4, 0.5) is 5.69 Å². The van der Waals surface area contributed by atoms with Crippen LogP contribution in [0.3, 0.4) is 0 Å². The number of rotatable bonds is 6. The molecule has 1 aliphatic rings. The lowest BCUT2D eigenvalue weighted by molar-refractivity contribution is 0.607. The fourth-order valence-corrected chi connectivity index (χ4v) is 4.25. The van der Waals surface area contributed by atoms with Crippen molar-refractivity contribution >= 4 is 11.3 Å². The molecule has 1 saturated carbocycles. The molecule has 31 heavy (non-hydrogen) atoms. The molecule has 2 heterocycles. The maximum absolute atomic E-state index is 5.07. The third-order valence-electron chi connectivity index (χ3n) is 5.97. The van der Waals surface area contributed by atoms with E-state index in [4.69, 9.17) is 10.1 Å². The highest BCUT2D eigenvalue weighted by atomic mass is 15.3. The first-order chi connectivity index (χ1) is 15.0. The van der Waals surface area contributed by atoms with Crippen LogP contribution < -0.4 is 4.90 Å². The first-order valence-electron chi connectivity index (χ1n) is 11.3. The molecule has 2 aromatic carbocycles. The lowest BCUT2D eigenvalue weighted by Crippen LogP contribution is -2.30. The summed E-state index contributed by atoms with van der Waals surface area (Å²) in [4.78, 5) is 7.43. The molecule has 1 fully saturated rings. The number of hydrogen-bond acceptors (Lipinski definition) is 3. The standard InChI is InChI=1S/C27H30N4/c1-18(2)17-30(23-12-13-23)25-15-24(22-7-5-6-20(4)14-22)29-31-26(16-28-27(25)31)21-10-8-19(3)9-11-21/h5-11,14-16,18,23H,12-13,17H2,1-4H3. The molecule has 4 heteroatoms. The van der Waals surface area contributed by atoms with Crippen LogP contribution in [0.5, 0.6) is 0 Å². The lowest BCUT2D eigenvalue weighted by atomic mass is 10.1. The molecular formula is C27H30N4. The Kier molecular flexibility index (Phi) is 5.01. The van der Waals surface area contributed by atoms with E-state index < -0.39 is 0 Å². The monoisotopic (exact) mass is 410 g/mol. The average molecular weight is 411 g/mol. The van der Waals surface area contributed by atoms with Crippen molar-refractivity contribution in [1.82, 2.24) is 14.6 Å². The minimum Gasteiger partial charge on any atom is -0.365 e. The van der Waals surface area contributed by atoms with Gasteiger partial charge in [-0.25, -0.2) is 9.50 Å². The van der Waals surface area contributed by atoms with Gasteiger partial charge in [0.2, 0.25) is 0 Å². The van der Waals surface area contributed by atoms with Crippen LogP contribution in [0.1, 0.15) is 37.8 Å². The molecule has 0 amide bonds. The average Bonchev–Trinajstić information content (AvgIpc) is 3.51. The maximum atomic E-state index is 5.07. The highest BCUT2D eigenvalue weighted by molar-refractivity contribution is 5.78. The molecule has 0 atom stereocenters. The van der Waals surface area contributed by atoms with Crippen LogP contribution in [-0.4, -0.2) is 27.2 Å². The van der Waals surface area contributed by atoms with E-state index in [2.05, 4.69) is 87.2 Å². The minimum absolute atomic E-state index is 0.586. The molecule has 0 aliphatic heterocycles. The molecule has 158 valence electrons. The molecular weight excluding hydrogens is 380 g/mol. The number of hydrogen-bond donors (Lipinski definition) is 0. The van der Waals surface area contributed by atoms with Gasteiger partial charge in [0, 0.05) is 23.7 Å². The summed E-state index contributed by atoms with van der Waals surface area (Å²) in [6, 6.07) is 20.1. The van der Waals surface area contributed by atoms with Crippen LogP contribution in [0.25, 0.3) is 28.2 Å². The van der Waals surface area contributed by atoms with Gasteiger partial charge in [0.05, 0.1) is 23.3 Å². The molecule has 4 aromatic rings. The molecule has 4 nitrogen and oxygen atoms in total. The van der Waals surface area contributed by atoms with E-state index in [1.165, 1.54) is 29.7 Å². The van der Waals surface area contributed by atoms with Crippen molar-refractivity contribution < 1.29 is 0 Å².